The van der Waals surface area contributed by atoms with Crippen LogP contribution in [0.25, 0.3) is 0 Å². The van der Waals surface area contributed by atoms with Crippen molar-refractivity contribution in [2.75, 3.05) is 4.43 Å². The Hall–Kier alpha value is 0.690. The maximum Gasteiger partial charge on any atom is 0.0668 e. The van der Waals surface area contributed by atoms with Crippen molar-refractivity contribution in [3.05, 3.63) is 0 Å². The van der Waals surface area contributed by atoms with Crippen molar-refractivity contribution in [2.24, 2.45) is 5.41 Å². The monoisotopic (exact) mass is 296 g/mol. The van der Waals surface area contributed by atoms with E-state index in [2.05, 4.69) is 43.4 Å². The van der Waals surface area contributed by atoms with Crippen LogP contribution in [-0.2, 0) is 4.74 Å². The van der Waals surface area contributed by atoms with Crippen molar-refractivity contribution in [3.63, 3.8) is 0 Å². The molecule has 1 nitrogen and oxygen atoms in total. The van der Waals surface area contributed by atoms with Gasteiger partial charge in [0.25, 0.3) is 0 Å². The molecule has 1 heterocycles. The van der Waals surface area contributed by atoms with Crippen LogP contribution in [0.4, 0.5) is 0 Å². The van der Waals surface area contributed by atoms with Crippen LogP contribution in [0.1, 0.15) is 46.5 Å². The van der Waals surface area contributed by atoms with Gasteiger partial charge in [-0.3, -0.25) is 0 Å². The first-order valence-corrected chi connectivity index (χ1v) is 6.75. The summed E-state index contributed by atoms with van der Waals surface area (Å²) in [6, 6.07) is 0. The van der Waals surface area contributed by atoms with Crippen molar-refractivity contribution >= 4 is 22.6 Å². The quantitative estimate of drug-likeness (QED) is 0.556. The Morgan fingerprint density at radius 2 is 1.85 bits per heavy atom. The second-order valence-electron chi connectivity index (χ2n) is 5.23. The smallest absolute Gasteiger partial charge is 0.0668 e. The van der Waals surface area contributed by atoms with E-state index in [-0.39, 0.29) is 0 Å². The number of hydrogen-bond donors (Lipinski definition) is 0. The number of ether oxygens (including phenoxy) is 1. The van der Waals surface area contributed by atoms with Gasteiger partial charge in [-0.1, -0.05) is 43.4 Å². The second kappa shape index (κ2) is 4.96. The first-order chi connectivity index (χ1) is 6.01. The molecular formula is C11H21IO. The zero-order valence-electron chi connectivity index (χ0n) is 8.98. The van der Waals surface area contributed by atoms with Gasteiger partial charge in [-0.2, -0.15) is 0 Å². The maximum absolute atomic E-state index is 6.00. The molecule has 0 saturated carbocycles. The molecule has 0 bridgehead atoms. The summed E-state index contributed by atoms with van der Waals surface area (Å²) >= 11 is 2.43. The minimum Gasteiger partial charge on any atom is -0.374 e. The van der Waals surface area contributed by atoms with E-state index in [1.807, 2.05) is 0 Å². The van der Waals surface area contributed by atoms with Gasteiger partial charge in [0, 0.05) is 4.43 Å². The molecule has 78 valence electrons. The van der Waals surface area contributed by atoms with Gasteiger partial charge in [0.1, 0.15) is 0 Å². The van der Waals surface area contributed by atoms with Gasteiger partial charge >= 0.3 is 0 Å². The van der Waals surface area contributed by atoms with Gasteiger partial charge in [-0.15, -0.1) is 0 Å². The van der Waals surface area contributed by atoms with Gasteiger partial charge in [0.15, 0.2) is 0 Å². The molecule has 0 amide bonds. The lowest BCUT2D eigenvalue weighted by atomic mass is 9.86. The van der Waals surface area contributed by atoms with Crippen LogP contribution < -0.4 is 0 Å². The molecule has 1 aliphatic rings. The molecule has 1 aliphatic heterocycles. The molecule has 2 atom stereocenters. The molecule has 0 aromatic heterocycles. The highest BCUT2D eigenvalue weighted by atomic mass is 127. The van der Waals surface area contributed by atoms with E-state index in [1.54, 1.807) is 0 Å². The SMILES string of the molecule is CC(C)(C)CC1CCCC(CI)O1. The fourth-order valence-electron chi connectivity index (χ4n) is 1.93. The Kier molecular flexibility index (Phi) is 4.49. The van der Waals surface area contributed by atoms with Gasteiger partial charge in [-0.05, 0) is 31.1 Å². The molecule has 0 aliphatic carbocycles. The molecule has 0 radical (unpaired) electrons. The number of rotatable bonds is 2. The zero-order valence-corrected chi connectivity index (χ0v) is 11.1. The normalized spacial score (nSPS) is 30.5. The highest BCUT2D eigenvalue weighted by Crippen LogP contribution is 2.29. The summed E-state index contributed by atoms with van der Waals surface area (Å²) in [6.45, 7) is 6.89. The third-order valence-corrected chi connectivity index (χ3v) is 3.43. The molecule has 2 unspecified atom stereocenters. The lowest BCUT2D eigenvalue weighted by Gasteiger charge is -2.33. The van der Waals surface area contributed by atoms with E-state index in [0.29, 0.717) is 17.6 Å². The van der Waals surface area contributed by atoms with Crippen LogP contribution in [0.5, 0.6) is 0 Å². The number of alkyl halides is 1. The topological polar surface area (TPSA) is 9.23 Å². The van der Waals surface area contributed by atoms with Crippen molar-refractivity contribution in [1.29, 1.82) is 0 Å². The Labute approximate surface area is 95.8 Å². The predicted octanol–water partition coefficient (Wildman–Crippen LogP) is 3.80. The van der Waals surface area contributed by atoms with Crippen LogP contribution >= 0.6 is 22.6 Å². The summed E-state index contributed by atoms with van der Waals surface area (Å²) < 4.78 is 7.16. The molecule has 0 N–H and O–H groups in total. The fraction of sp³-hybridized carbons (Fsp3) is 1.00. The molecule has 0 aromatic rings. The van der Waals surface area contributed by atoms with Crippen molar-refractivity contribution in [3.8, 4) is 0 Å². The zero-order chi connectivity index (χ0) is 9.90. The second-order valence-corrected chi connectivity index (χ2v) is 6.11. The van der Waals surface area contributed by atoms with Crippen LogP contribution in [0, 0.1) is 5.41 Å². The van der Waals surface area contributed by atoms with Gasteiger partial charge in [0.2, 0.25) is 0 Å². The summed E-state index contributed by atoms with van der Waals surface area (Å²) in [5.41, 5.74) is 0.415. The molecule has 13 heavy (non-hydrogen) atoms. The molecule has 0 spiro atoms. The van der Waals surface area contributed by atoms with E-state index in [0.717, 1.165) is 4.43 Å². The third-order valence-electron chi connectivity index (χ3n) is 2.45. The Morgan fingerprint density at radius 3 is 2.38 bits per heavy atom. The van der Waals surface area contributed by atoms with Crippen LogP contribution in [0.2, 0.25) is 0 Å². The predicted molar refractivity (Wildman–Crippen MR) is 65.5 cm³/mol. The summed E-state index contributed by atoms with van der Waals surface area (Å²) in [6.07, 6.45) is 6.15. The Morgan fingerprint density at radius 1 is 1.23 bits per heavy atom. The van der Waals surface area contributed by atoms with Crippen molar-refractivity contribution in [1.82, 2.24) is 0 Å². The standard InChI is InChI=1S/C11H21IO/c1-11(2,3)7-9-5-4-6-10(8-12)13-9/h9-10H,4-8H2,1-3H3. The number of halogens is 1. The van der Waals surface area contributed by atoms with E-state index in [1.165, 1.54) is 25.7 Å². The highest BCUT2D eigenvalue weighted by Gasteiger charge is 2.25. The lowest BCUT2D eigenvalue weighted by Crippen LogP contribution is -2.31. The molecule has 2 heteroatoms. The largest absolute Gasteiger partial charge is 0.374 e. The molecule has 1 fully saturated rings. The average Bonchev–Trinajstić information content (AvgIpc) is 2.01. The lowest BCUT2D eigenvalue weighted by molar-refractivity contribution is -0.0528. The fourth-order valence-corrected chi connectivity index (χ4v) is 2.58. The summed E-state index contributed by atoms with van der Waals surface area (Å²) in [5.74, 6) is 0. The minimum atomic E-state index is 0.415. The highest BCUT2D eigenvalue weighted by molar-refractivity contribution is 14.1. The van der Waals surface area contributed by atoms with Crippen molar-refractivity contribution < 1.29 is 4.74 Å². The molecule has 1 saturated heterocycles. The summed E-state index contributed by atoms with van der Waals surface area (Å²) in [5, 5.41) is 0. The molecule has 0 aromatic carbocycles. The third kappa shape index (κ3) is 4.63. The first-order valence-electron chi connectivity index (χ1n) is 5.23. The summed E-state index contributed by atoms with van der Waals surface area (Å²) in [7, 11) is 0. The van der Waals surface area contributed by atoms with E-state index in [4.69, 9.17) is 4.74 Å². The van der Waals surface area contributed by atoms with E-state index >= 15 is 0 Å². The number of hydrogen-bond acceptors (Lipinski definition) is 1. The van der Waals surface area contributed by atoms with Crippen LogP contribution in [-0.4, -0.2) is 16.6 Å². The van der Waals surface area contributed by atoms with Gasteiger partial charge in [0.05, 0.1) is 12.2 Å². The molecule has 1 rings (SSSR count). The first kappa shape index (κ1) is 11.8. The molecular weight excluding hydrogens is 275 g/mol. The van der Waals surface area contributed by atoms with Gasteiger partial charge < -0.3 is 4.74 Å². The van der Waals surface area contributed by atoms with Crippen LogP contribution in [0.3, 0.4) is 0 Å². The Bertz CT molecular complexity index is 151. The maximum atomic E-state index is 6.00. The van der Waals surface area contributed by atoms with Crippen molar-refractivity contribution in [2.45, 2.75) is 58.7 Å². The average molecular weight is 296 g/mol. The van der Waals surface area contributed by atoms with E-state index in [9.17, 15) is 0 Å². The van der Waals surface area contributed by atoms with Crippen LogP contribution in [0.15, 0.2) is 0 Å². The minimum absolute atomic E-state index is 0.415. The summed E-state index contributed by atoms with van der Waals surface area (Å²) in [4.78, 5) is 0. The van der Waals surface area contributed by atoms with Gasteiger partial charge in [-0.25, -0.2) is 0 Å². The Balaban J connectivity index is 2.34. The van der Waals surface area contributed by atoms with E-state index < -0.39 is 0 Å².